The summed E-state index contributed by atoms with van der Waals surface area (Å²) in [4.78, 5) is 37.8. The standard InChI is InChI=1S/C24H30O7/c1-12-15-8-10-29-17(15)11-16-19(12)20(30-13(2)25)21(31-14(3)26)24(28)22(4,5)9-7-18(27)23(16,24)6/h8,10,16,19-21,28H,1,7,9,11H2,2-6H3/t16-,19-,20+,21-,23-,24+/m0/s1. The Bertz CT molecular complexity index is 972. The number of carbonyl (C=O) groups is 3. The van der Waals surface area contributed by atoms with Crippen LogP contribution in [0.4, 0.5) is 0 Å². The van der Waals surface area contributed by atoms with E-state index in [0.29, 0.717) is 30.6 Å². The van der Waals surface area contributed by atoms with Crippen LogP contribution in [0.5, 0.6) is 0 Å². The van der Waals surface area contributed by atoms with Gasteiger partial charge < -0.3 is 19.0 Å². The van der Waals surface area contributed by atoms with Crippen molar-refractivity contribution in [2.75, 3.05) is 0 Å². The Morgan fingerprint density at radius 3 is 2.45 bits per heavy atom. The molecule has 2 fully saturated rings. The summed E-state index contributed by atoms with van der Waals surface area (Å²) in [6.07, 6.45) is 0.482. The van der Waals surface area contributed by atoms with E-state index in [0.717, 1.165) is 5.56 Å². The zero-order valence-corrected chi connectivity index (χ0v) is 18.7. The van der Waals surface area contributed by atoms with Crippen molar-refractivity contribution >= 4 is 23.3 Å². The van der Waals surface area contributed by atoms with Gasteiger partial charge in [0, 0.05) is 38.2 Å². The molecule has 1 aromatic rings. The van der Waals surface area contributed by atoms with Gasteiger partial charge in [-0.05, 0) is 36.3 Å². The first kappa shape index (κ1) is 21.8. The molecule has 3 aliphatic rings. The van der Waals surface area contributed by atoms with Gasteiger partial charge in [-0.25, -0.2) is 0 Å². The fourth-order valence-corrected chi connectivity index (χ4v) is 6.57. The van der Waals surface area contributed by atoms with Gasteiger partial charge in [-0.15, -0.1) is 0 Å². The molecule has 3 aliphatic carbocycles. The largest absolute Gasteiger partial charge is 0.469 e. The molecule has 7 heteroatoms. The third-order valence-corrected chi connectivity index (χ3v) is 8.11. The van der Waals surface area contributed by atoms with E-state index in [1.807, 2.05) is 13.8 Å². The molecule has 0 unspecified atom stereocenters. The lowest BCUT2D eigenvalue weighted by Crippen LogP contribution is -2.79. The topological polar surface area (TPSA) is 103 Å². The zero-order valence-electron chi connectivity index (χ0n) is 18.7. The zero-order chi connectivity index (χ0) is 22.9. The molecule has 31 heavy (non-hydrogen) atoms. The number of ether oxygens (including phenoxy) is 2. The smallest absolute Gasteiger partial charge is 0.303 e. The Balaban J connectivity index is 2.01. The van der Waals surface area contributed by atoms with Gasteiger partial charge in [0.05, 0.1) is 11.7 Å². The van der Waals surface area contributed by atoms with E-state index in [-0.39, 0.29) is 5.78 Å². The second-order valence-corrected chi connectivity index (χ2v) is 10.00. The van der Waals surface area contributed by atoms with Gasteiger partial charge in [0.25, 0.3) is 0 Å². The van der Waals surface area contributed by atoms with Gasteiger partial charge in [-0.3, -0.25) is 14.4 Å². The minimum Gasteiger partial charge on any atom is -0.469 e. The average Bonchev–Trinajstić information content (AvgIpc) is 3.14. The molecule has 0 radical (unpaired) electrons. The van der Waals surface area contributed by atoms with Crippen LogP contribution >= 0.6 is 0 Å². The maximum absolute atomic E-state index is 13.5. The highest BCUT2D eigenvalue weighted by Gasteiger charge is 2.76. The van der Waals surface area contributed by atoms with E-state index in [2.05, 4.69) is 6.58 Å². The number of ketones is 1. The molecule has 0 saturated heterocycles. The van der Waals surface area contributed by atoms with E-state index in [9.17, 15) is 19.5 Å². The van der Waals surface area contributed by atoms with Crippen LogP contribution < -0.4 is 0 Å². The number of esters is 2. The molecule has 1 heterocycles. The summed E-state index contributed by atoms with van der Waals surface area (Å²) < 4.78 is 17.1. The summed E-state index contributed by atoms with van der Waals surface area (Å²) in [6, 6.07) is 1.80. The van der Waals surface area contributed by atoms with Crippen LogP contribution in [-0.4, -0.2) is 40.6 Å². The van der Waals surface area contributed by atoms with Crippen LogP contribution in [0.1, 0.15) is 58.8 Å². The van der Waals surface area contributed by atoms with Crippen molar-refractivity contribution < 1.29 is 33.4 Å². The van der Waals surface area contributed by atoms with Gasteiger partial charge in [0.15, 0.2) is 6.10 Å². The molecular weight excluding hydrogens is 400 g/mol. The molecule has 7 nitrogen and oxygen atoms in total. The maximum Gasteiger partial charge on any atom is 0.303 e. The Morgan fingerprint density at radius 1 is 1.19 bits per heavy atom. The fraction of sp³-hybridized carbons (Fsp3) is 0.625. The third-order valence-electron chi connectivity index (χ3n) is 8.11. The SMILES string of the molecule is C=C1c2ccoc2C[C@H]2[C@H]1[C@@H](OC(C)=O)[C@H](OC(C)=O)[C@@]1(O)C(C)(C)CCC(=O)[C@]21C. The van der Waals surface area contributed by atoms with Crippen molar-refractivity contribution in [2.24, 2.45) is 22.7 Å². The van der Waals surface area contributed by atoms with Crippen LogP contribution in [-0.2, 0) is 30.3 Å². The van der Waals surface area contributed by atoms with E-state index in [4.69, 9.17) is 13.9 Å². The predicted octanol–water partition coefficient (Wildman–Crippen LogP) is 3.08. The van der Waals surface area contributed by atoms with Crippen molar-refractivity contribution in [1.29, 1.82) is 0 Å². The highest BCUT2D eigenvalue weighted by atomic mass is 16.6. The number of furan rings is 1. The molecule has 1 N–H and O–H groups in total. The van der Waals surface area contributed by atoms with Gasteiger partial charge in [0.2, 0.25) is 0 Å². The highest BCUT2D eigenvalue weighted by molar-refractivity contribution is 5.89. The molecule has 0 aromatic carbocycles. The first-order valence-electron chi connectivity index (χ1n) is 10.7. The van der Waals surface area contributed by atoms with Gasteiger partial charge >= 0.3 is 11.9 Å². The van der Waals surface area contributed by atoms with Crippen LogP contribution in [0, 0.1) is 22.7 Å². The summed E-state index contributed by atoms with van der Waals surface area (Å²) in [5.41, 5.74) is -2.35. The summed E-state index contributed by atoms with van der Waals surface area (Å²) in [7, 11) is 0. The summed E-state index contributed by atoms with van der Waals surface area (Å²) in [6.45, 7) is 12.3. The number of fused-ring (bicyclic) bond motifs is 4. The van der Waals surface area contributed by atoms with Gasteiger partial charge in [0.1, 0.15) is 23.2 Å². The molecule has 1 aromatic heterocycles. The minimum atomic E-state index is -1.76. The molecule has 0 bridgehead atoms. The molecule has 0 aliphatic heterocycles. The number of rotatable bonds is 2. The van der Waals surface area contributed by atoms with E-state index in [1.54, 1.807) is 19.3 Å². The molecule has 0 spiro atoms. The molecule has 4 rings (SSSR count). The fourth-order valence-electron chi connectivity index (χ4n) is 6.57. The van der Waals surface area contributed by atoms with E-state index in [1.165, 1.54) is 13.8 Å². The van der Waals surface area contributed by atoms with Crippen molar-refractivity contribution in [3.8, 4) is 0 Å². The quantitative estimate of drug-likeness (QED) is 0.719. The van der Waals surface area contributed by atoms with Crippen molar-refractivity contribution in [3.63, 3.8) is 0 Å². The maximum atomic E-state index is 13.5. The Kier molecular flexibility index (Phi) is 4.78. The van der Waals surface area contributed by atoms with Crippen LogP contribution in [0.15, 0.2) is 23.3 Å². The van der Waals surface area contributed by atoms with Crippen LogP contribution in [0.25, 0.3) is 5.57 Å². The summed E-state index contributed by atoms with van der Waals surface area (Å²) in [5, 5.41) is 12.4. The number of hydrogen-bond donors (Lipinski definition) is 1. The third kappa shape index (κ3) is 2.71. The first-order chi connectivity index (χ1) is 14.4. The number of hydrogen-bond acceptors (Lipinski definition) is 7. The molecule has 168 valence electrons. The lowest BCUT2D eigenvalue weighted by molar-refractivity contribution is -0.295. The molecule has 6 atom stereocenters. The van der Waals surface area contributed by atoms with Crippen molar-refractivity contribution in [1.82, 2.24) is 0 Å². The Labute approximate surface area is 181 Å². The normalized spacial score (nSPS) is 38.5. The average molecular weight is 430 g/mol. The van der Waals surface area contributed by atoms with E-state index >= 15 is 0 Å². The first-order valence-corrected chi connectivity index (χ1v) is 10.7. The molecule has 0 amide bonds. The predicted molar refractivity (Wildman–Crippen MR) is 111 cm³/mol. The molecule has 2 saturated carbocycles. The molecular formula is C24H30O7. The second kappa shape index (κ2) is 6.79. The van der Waals surface area contributed by atoms with E-state index < -0.39 is 52.4 Å². The highest BCUT2D eigenvalue weighted by Crippen LogP contribution is 2.66. The van der Waals surface area contributed by atoms with Crippen molar-refractivity contribution in [3.05, 3.63) is 30.2 Å². The monoisotopic (exact) mass is 430 g/mol. The van der Waals surface area contributed by atoms with Crippen LogP contribution in [0.2, 0.25) is 0 Å². The minimum absolute atomic E-state index is 0.0921. The lowest BCUT2D eigenvalue weighted by Gasteiger charge is -2.67. The summed E-state index contributed by atoms with van der Waals surface area (Å²) >= 11 is 0. The Hall–Kier alpha value is -2.41. The number of aliphatic hydroxyl groups is 1. The van der Waals surface area contributed by atoms with Crippen molar-refractivity contribution in [2.45, 2.75) is 71.7 Å². The lowest BCUT2D eigenvalue weighted by atomic mass is 9.40. The Morgan fingerprint density at radius 2 is 1.84 bits per heavy atom. The second-order valence-electron chi connectivity index (χ2n) is 10.00. The summed E-state index contributed by atoms with van der Waals surface area (Å²) in [5.74, 6) is -1.52. The van der Waals surface area contributed by atoms with Crippen LogP contribution in [0.3, 0.4) is 0 Å². The van der Waals surface area contributed by atoms with Gasteiger partial charge in [-0.2, -0.15) is 0 Å². The number of carbonyl (C=O) groups excluding carboxylic acids is 3. The van der Waals surface area contributed by atoms with Gasteiger partial charge in [-0.1, -0.05) is 20.4 Å². The number of Topliss-reactive ketones (excluding diaryl/α,β-unsaturated/α-hetero) is 1.